The largest absolute Gasteiger partial charge is 0.353 e. The number of hydrogen-bond acceptors (Lipinski definition) is 3. The summed E-state index contributed by atoms with van der Waals surface area (Å²) >= 11 is 4.38. The van der Waals surface area contributed by atoms with Crippen LogP contribution in [0.25, 0.3) is 0 Å². The van der Waals surface area contributed by atoms with Crippen molar-refractivity contribution in [3.63, 3.8) is 0 Å². The highest BCUT2D eigenvalue weighted by atomic mass is 32.1. The molecule has 0 aromatic carbocycles. The normalized spacial score (nSPS) is 15.7. The second-order valence-corrected chi connectivity index (χ2v) is 6.56. The van der Waals surface area contributed by atoms with Crippen molar-refractivity contribution >= 4 is 24.6 Å². The molecular formula is C16H31N3O2S. The van der Waals surface area contributed by atoms with Crippen LogP contribution in [-0.4, -0.2) is 48.3 Å². The molecule has 0 radical (unpaired) electrons. The summed E-state index contributed by atoms with van der Waals surface area (Å²) in [4.78, 5) is 24.9. The van der Waals surface area contributed by atoms with Crippen molar-refractivity contribution in [2.24, 2.45) is 0 Å². The summed E-state index contributed by atoms with van der Waals surface area (Å²) in [6.45, 7) is 4.70. The molecule has 0 spiro atoms. The zero-order valence-corrected chi connectivity index (χ0v) is 14.7. The van der Waals surface area contributed by atoms with Gasteiger partial charge >= 0.3 is 6.03 Å². The first-order chi connectivity index (χ1) is 10.6. The van der Waals surface area contributed by atoms with E-state index in [9.17, 15) is 9.59 Å². The fourth-order valence-electron chi connectivity index (χ4n) is 2.58. The number of hydrogen-bond donors (Lipinski definition) is 3. The Morgan fingerprint density at radius 3 is 2.59 bits per heavy atom. The summed E-state index contributed by atoms with van der Waals surface area (Å²) in [5, 5.41) is 5.37. The van der Waals surface area contributed by atoms with E-state index in [2.05, 4.69) is 30.2 Å². The fourth-order valence-corrected chi connectivity index (χ4v) is 2.86. The Bertz CT molecular complexity index is 339. The lowest BCUT2D eigenvalue weighted by molar-refractivity contribution is -0.120. The van der Waals surface area contributed by atoms with Crippen molar-refractivity contribution in [1.82, 2.24) is 15.5 Å². The molecule has 0 aromatic rings. The summed E-state index contributed by atoms with van der Waals surface area (Å²) in [6, 6.07) is -0.0419. The number of thiol groups is 1. The van der Waals surface area contributed by atoms with E-state index in [4.69, 9.17) is 0 Å². The molecule has 1 heterocycles. The molecule has 0 saturated carbocycles. The SMILES string of the molecule is CCCCCCCCCC(S)C(=O)NCCN1CCNC1=O. The highest BCUT2D eigenvalue weighted by Gasteiger charge is 2.19. The molecule has 22 heavy (non-hydrogen) atoms. The lowest BCUT2D eigenvalue weighted by Crippen LogP contribution is -2.39. The maximum absolute atomic E-state index is 11.9. The van der Waals surface area contributed by atoms with Crippen LogP contribution in [0, 0.1) is 0 Å². The fraction of sp³-hybridized carbons (Fsp3) is 0.875. The maximum Gasteiger partial charge on any atom is 0.317 e. The van der Waals surface area contributed by atoms with Gasteiger partial charge in [-0.2, -0.15) is 12.6 Å². The Morgan fingerprint density at radius 2 is 1.95 bits per heavy atom. The van der Waals surface area contributed by atoms with Crippen molar-refractivity contribution in [3.8, 4) is 0 Å². The van der Waals surface area contributed by atoms with E-state index >= 15 is 0 Å². The van der Waals surface area contributed by atoms with Crippen LogP contribution >= 0.6 is 12.6 Å². The molecule has 1 fully saturated rings. The lowest BCUT2D eigenvalue weighted by Gasteiger charge is -2.16. The smallest absolute Gasteiger partial charge is 0.317 e. The number of nitrogens with one attached hydrogen (secondary N) is 2. The predicted molar refractivity (Wildman–Crippen MR) is 93.4 cm³/mol. The highest BCUT2D eigenvalue weighted by Crippen LogP contribution is 2.12. The molecule has 0 aromatic heterocycles. The minimum absolute atomic E-state index is 0.0195. The Hall–Kier alpha value is -0.910. The van der Waals surface area contributed by atoms with Gasteiger partial charge in [-0.25, -0.2) is 4.79 Å². The first kappa shape index (κ1) is 19.1. The molecule has 2 N–H and O–H groups in total. The van der Waals surface area contributed by atoms with Crippen LogP contribution in [0.5, 0.6) is 0 Å². The van der Waals surface area contributed by atoms with Gasteiger partial charge in [0, 0.05) is 26.2 Å². The Kier molecular flexibility index (Phi) is 10.1. The van der Waals surface area contributed by atoms with Crippen LogP contribution in [0.3, 0.4) is 0 Å². The second-order valence-electron chi connectivity index (χ2n) is 5.94. The molecule has 128 valence electrons. The van der Waals surface area contributed by atoms with Crippen molar-refractivity contribution < 1.29 is 9.59 Å². The van der Waals surface area contributed by atoms with E-state index in [1.807, 2.05) is 0 Å². The van der Waals surface area contributed by atoms with Gasteiger partial charge in [-0.15, -0.1) is 0 Å². The second kappa shape index (κ2) is 11.6. The third kappa shape index (κ3) is 7.92. The van der Waals surface area contributed by atoms with Gasteiger partial charge in [0.2, 0.25) is 5.91 Å². The van der Waals surface area contributed by atoms with Crippen LogP contribution in [0.15, 0.2) is 0 Å². The quantitative estimate of drug-likeness (QED) is 0.381. The van der Waals surface area contributed by atoms with Crippen LogP contribution in [-0.2, 0) is 4.79 Å². The number of unbranched alkanes of at least 4 members (excludes halogenated alkanes) is 6. The molecule has 1 saturated heterocycles. The lowest BCUT2D eigenvalue weighted by atomic mass is 10.1. The summed E-state index contributed by atoms with van der Waals surface area (Å²) in [7, 11) is 0. The highest BCUT2D eigenvalue weighted by molar-refractivity contribution is 7.81. The van der Waals surface area contributed by atoms with Crippen molar-refractivity contribution in [2.45, 2.75) is 63.5 Å². The van der Waals surface area contributed by atoms with E-state index in [1.54, 1.807) is 4.90 Å². The molecule has 1 aliphatic heterocycles. The number of urea groups is 1. The van der Waals surface area contributed by atoms with Crippen LogP contribution in [0.1, 0.15) is 58.3 Å². The molecule has 0 bridgehead atoms. The predicted octanol–water partition coefficient (Wildman–Crippen LogP) is 2.57. The summed E-state index contributed by atoms with van der Waals surface area (Å²) in [5.74, 6) is -0.0195. The van der Waals surface area contributed by atoms with Gasteiger partial charge in [-0.3, -0.25) is 4.79 Å². The molecule has 0 aliphatic carbocycles. The minimum atomic E-state index is -0.233. The number of nitrogens with zero attached hydrogens (tertiary/aromatic N) is 1. The van der Waals surface area contributed by atoms with Gasteiger partial charge in [0.25, 0.3) is 0 Å². The van der Waals surface area contributed by atoms with E-state index in [-0.39, 0.29) is 17.2 Å². The average molecular weight is 330 g/mol. The third-order valence-electron chi connectivity index (χ3n) is 4.01. The summed E-state index contributed by atoms with van der Waals surface area (Å²) in [6.07, 6.45) is 9.55. The van der Waals surface area contributed by atoms with Gasteiger partial charge in [0.05, 0.1) is 5.25 Å². The van der Waals surface area contributed by atoms with E-state index in [0.717, 1.165) is 19.4 Å². The Morgan fingerprint density at radius 1 is 1.27 bits per heavy atom. The molecule has 1 atom stereocenters. The molecule has 1 unspecified atom stereocenters. The number of carbonyl (C=O) groups excluding carboxylic acids is 2. The third-order valence-corrected chi connectivity index (χ3v) is 4.50. The van der Waals surface area contributed by atoms with Gasteiger partial charge < -0.3 is 15.5 Å². The molecule has 1 rings (SSSR count). The van der Waals surface area contributed by atoms with Crippen LogP contribution in [0.2, 0.25) is 0 Å². The molecule has 6 heteroatoms. The maximum atomic E-state index is 11.9. The number of rotatable bonds is 12. The van der Waals surface area contributed by atoms with Crippen molar-refractivity contribution in [1.29, 1.82) is 0 Å². The Labute approximate surface area is 140 Å². The first-order valence-corrected chi connectivity index (χ1v) is 9.15. The number of carbonyl (C=O) groups is 2. The average Bonchev–Trinajstić information content (AvgIpc) is 2.91. The van der Waals surface area contributed by atoms with Crippen LogP contribution in [0.4, 0.5) is 4.79 Å². The molecule has 1 aliphatic rings. The van der Waals surface area contributed by atoms with Crippen molar-refractivity contribution in [2.75, 3.05) is 26.2 Å². The summed E-state index contributed by atoms with van der Waals surface area (Å²) in [5.41, 5.74) is 0. The first-order valence-electron chi connectivity index (χ1n) is 8.63. The monoisotopic (exact) mass is 329 g/mol. The molecule has 3 amide bonds. The minimum Gasteiger partial charge on any atom is -0.353 e. The topological polar surface area (TPSA) is 61.4 Å². The standard InChI is InChI=1S/C16H31N3O2S/c1-2-3-4-5-6-7-8-9-14(22)15(20)17-10-12-19-13-11-18-16(19)21/h14,22H,2-13H2,1H3,(H,17,20)(H,18,21). The zero-order valence-electron chi connectivity index (χ0n) is 13.8. The van der Waals surface area contributed by atoms with E-state index < -0.39 is 0 Å². The number of amides is 3. The van der Waals surface area contributed by atoms with Gasteiger partial charge in [-0.05, 0) is 6.42 Å². The zero-order chi connectivity index (χ0) is 16.2. The van der Waals surface area contributed by atoms with Gasteiger partial charge in [-0.1, -0.05) is 51.9 Å². The van der Waals surface area contributed by atoms with Gasteiger partial charge in [0.1, 0.15) is 0 Å². The van der Waals surface area contributed by atoms with Crippen LogP contribution < -0.4 is 10.6 Å². The summed E-state index contributed by atoms with van der Waals surface area (Å²) < 4.78 is 0. The van der Waals surface area contributed by atoms with Gasteiger partial charge in [0.15, 0.2) is 0 Å². The van der Waals surface area contributed by atoms with Crippen molar-refractivity contribution in [3.05, 3.63) is 0 Å². The Balaban J connectivity index is 1.98. The molecular weight excluding hydrogens is 298 g/mol. The van der Waals surface area contributed by atoms with E-state index in [1.165, 1.54) is 38.5 Å². The van der Waals surface area contributed by atoms with E-state index in [0.29, 0.717) is 19.6 Å². The molecule has 5 nitrogen and oxygen atoms in total.